The zero-order chi connectivity index (χ0) is 24.7. The van der Waals surface area contributed by atoms with Crippen LogP contribution in [0.1, 0.15) is 0 Å². The van der Waals surface area contributed by atoms with E-state index in [1.165, 1.54) is 18.2 Å². The second-order valence-corrected chi connectivity index (χ2v) is 10.4. The molecule has 0 unspecified atom stereocenters. The van der Waals surface area contributed by atoms with Crippen LogP contribution in [-0.2, 0) is 19.5 Å². The van der Waals surface area contributed by atoms with E-state index in [1.54, 1.807) is 42.7 Å². The lowest BCUT2D eigenvalue weighted by Crippen LogP contribution is -2.44. The number of hydrogen-bond acceptors (Lipinski definition) is 8. The Hall–Kier alpha value is -3.51. The monoisotopic (exact) mass is 507 g/mol. The van der Waals surface area contributed by atoms with Crippen LogP contribution in [0.5, 0.6) is 0 Å². The first-order chi connectivity index (χ1) is 17.5. The molecule has 4 aromatic rings. The Morgan fingerprint density at radius 3 is 2.53 bits per heavy atom. The number of anilines is 1. The molecule has 0 saturated carbocycles. The van der Waals surface area contributed by atoms with Crippen molar-refractivity contribution in [3.63, 3.8) is 0 Å². The molecule has 0 aliphatic carbocycles. The highest BCUT2D eigenvalue weighted by Gasteiger charge is 2.49. The third-order valence-corrected chi connectivity index (χ3v) is 7.86. The van der Waals surface area contributed by atoms with Gasteiger partial charge < -0.3 is 14.8 Å². The first-order valence-corrected chi connectivity index (χ1v) is 12.9. The molecule has 11 heteroatoms. The van der Waals surface area contributed by atoms with Crippen LogP contribution in [0.15, 0.2) is 78.0 Å². The summed E-state index contributed by atoms with van der Waals surface area (Å²) in [5, 5.41) is 3.96. The van der Waals surface area contributed by atoms with Crippen LogP contribution in [0.2, 0.25) is 0 Å². The largest absolute Gasteiger partial charge is 0.371 e. The van der Waals surface area contributed by atoms with E-state index in [9.17, 15) is 12.8 Å². The summed E-state index contributed by atoms with van der Waals surface area (Å²) in [5.41, 5.74) is 1.62. The lowest BCUT2D eigenvalue weighted by atomic mass is 10.1. The van der Waals surface area contributed by atoms with Gasteiger partial charge in [-0.25, -0.2) is 27.5 Å². The number of aromatic nitrogens is 3. The Bertz CT molecular complexity index is 1530. The molecule has 2 aromatic heterocycles. The first-order valence-electron chi connectivity index (χ1n) is 11.4. The molecule has 2 aliphatic rings. The number of para-hydroxylation sites is 1. The highest BCUT2D eigenvalue weighted by Crippen LogP contribution is 2.30. The number of sulfonamides is 1. The summed E-state index contributed by atoms with van der Waals surface area (Å²) in [6, 6.07) is 15.6. The molecule has 6 rings (SSSR count). The van der Waals surface area contributed by atoms with Gasteiger partial charge in [0.1, 0.15) is 22.9 Å². The van der Waals surface area contributed by atoms with Crippen LogP contribution >= 0.6 is 0 Å². The number of hydrogen-bond donors (Lipinski definition) is 2. The zero-order valence-electron chi connectivity index (χ0n) is 18.9. The van der Waals surface area contributed by atoms with Gasteiger partial charge in [0.15, 0.2) is 0 Å². The number of halogens is 1. The molecular formula is C25H22FN5O4S. The van der Waals surface area contributed by atoms with Gasteiger partial charge in [-0.2, -0.15) is 0 Å². The summed E-state index contributed by atoms with van der Waals surface area (Å²) < 4.78 is 54.7. The summed E-state index contributed by atoms with van der Waals surface area (Å²) in [7, 11) is -3.87. The summed E-state index contributed by atoms with van der Waals surface area (Å²) in [4.78, 5) is 13.1. The topological polar surface area (TPSA) is 115 Å². The second kappa shape index (κ2) is 9.17. The van der Waals surface area contributed by atoms with E-state index in [1.807, 2.05) is 12.1 Å². The molecular weight excluding hydrogens is 485 g/mol. The number of nitrogens with one attached hydrogen (secondary N) is 2. The molecule has 184 valence electrons. The Morgan fingerprint density at radius 2 is 1.67 bits per heavy atom. The van der Waals surface area contributed by atoms with Gasteiger partial charge >= 0.3 is 0 Å². The standard InChI is InChI=1S/C25H22FN5O4S/c26-17-7-1-5-16(12-17)18-9-11-28-25(29-18)30-19-13-34-24-20(14-35-23(19)24)31-36(32,33)21-8-2-4-15-6-3-10-27-22(15)21/h1-12,19-20,23-24,31H,13-14H2,(H,28,29,30)/t19-,20+,23-,24+/m0/s1. The van der Waals surface area contributed by atoms with E-state index in [4.69, 9.17) is 9.47 Å². The predicted molar refractivity (Wildman–Crippen MR) is 130 cm³/mol. The molecule has 2 fully saturated rings. The number of pyridine rings is 1. The van der Waals surface area contributed by atoms with Gasteiger partial charge in [-0.15, -0.1) is 0 Å². The number of ether oxygens (including phenoxy) is 2. The van der Waals surface area contributed by atoms with Crippen molar-refractivity contribution < 1.29 is 22.3 Å². The van der Waals surface area contributed by atoms with Gasteiger partial charge in [-0.05, 0) is 30.3 Å². The van der Waals surface area contributed by atoms with Crippen LogP contribution in [0.3, 0.4) is 0 Å². The SMILES string of the molecule is O=S(=O)(N[C@@H]1CO[C@@H]2[C@@H]1OC[C@@H]2Nc1nccc(-c2cccc(F)c2)n1)c1cccc2cccnc12. The van der Waals surface area contributed by atoms with Gasteiger partial charge in [-0.1, -0.05) is 30.3 Å². The molecule has 4 atom stereocenters. The van der Waals surface area contributed by atoms with Crippen LogP contribution < -0.4 is 10.0 Å². The Labute approximate surface area is 206 Å². The minimum atomic E-state index is -3.87. The molecule has 2 saturated heterocycles. The lowest BCUT2D eigenvalue weighted by Gasteiger charge is -2.19. The van der Waals surface area contributed by atoms with Crippen molar-refractivity contribution in [1.82, 2.24) is 19.7 Å². The fourth-order valence-corrected chi connectivity index (χ4v) is 6.09. The molecule has 0 bridgehead atoms. The summed E-state index contributed by atoms with van der Waals surface area (Å²) in [5.74, 6) is 0.000240. The Morgan fingerprint density at radius 1 is 0.889 bits per heavy atom. The van der Waals surface area contributed by atoms with E-state index < -0.39 is 28.3 Å². The molecule has 4 heterocycles. The number of rotatable bonds is 6. The van der Waals surface area contributed by atoms with Gasteiger partial charge in [0.25, 0.3) is 0 Å². The van der Waals surface area contributed by atoms with Crippen molar-refractivity contribution >= 4 is 26.9 Å². The maximum Gasteiger partial charge on any atom is 0.243 e. The third-order valence-electron chi connectivity index (χ3n) is 6.34. The molecule has 0 spiro atoms. The highest BCUT2D eigenvalue weighted by atomic mass is 32.2. The molecule has 2 N–H and O–H groups in total. The van der Waals surface area contributed by atoms with Crippen molar-refractivity contribution in [2.24, 2.45) is 0 Å². The molecule has 36 heavy (non-hydrogen) atoms. The Kier molecular flexibility index (Phi) is 5.84. The summed E-state index contributed by atoms with van der Waals surface area (Å²) >= 11 is 0. The average Bonchev–Trinajstić information content (AvgIpc) is 3.47. The smallest absolute Gasteiger partial charge is 0.243 e. The fourth-order valence-electron chi connectivity index (χ4n) is 4.68. The molecule has 9 nitrogen and oxygen atoms in total. The van der Waals surface area contributed by atoms with Crippen LogP contribution in [-0.4, -0.2) is 60.9 Å². The van der Waals surface area contributed by atoms with E-state index in [0.717, 1.165) is 5.39 Å². The van der Waals surface area contributed by atoms with Crippen molar-refractivity contribution in [2.45, 2.75) is 29.2 Å². The number of benzene rings is 2. The number of fused-ring (bicyclic) bond motifs is 2. The first kappa shape index (κ1) is 22.9. The second-order valence-electron chi connectivity index (χ2n) is 8.68. The molecule has 0 radical (unpaired) electrons. The zero-order valence-corrected chi connectivity index (χ0v) is 19.7. The normalized spacial score (nSPS) is 23.6. The van der Waals surface area contributed by atoms with Crippen molar-refractivity contribution in [3.05, 3.63) is 78.9 Å². The maximum absolute atomic E-state index is 13.6. The Balaban J connectivity index is 1.17. The van der Waals surface area contributed by atoms with E-state index in [2.05, 4.69) is 25.0 Å². The van der Waals surface area contributed by atoms with E-state index in [0.29, 0.717) is 22.7 Å². The highest BCUT2D eigenvalue weighted by molar-refractivity contribution is 7.89. The summed E-state index contributed by atoms with van der Waals surface area (Å²) in [6.45, 7) is 0.450. The van der Waals surface area contributed by atoms with Crippen LogP contribution in [0.25, 0.3) is 22.2 Å². The van der Waals surface area contributed by atoms with Gasteiger partial charge in [0, 0.05) is 23.3 Å². The molecule has 2 aliphatic heterocycles. The minimum absolute atomic E-state index is 0.110. The fraction of sp³-hybridized carbons (Fsp3) is 0.240. The lowest BCUT2D eigenvalue weighted by molar-refractivity contribution is 0.0690. The number of nitrogens with zero attached hydrogens (tertiary/aromatic N) is 3. The van der Waals surface area contributed by atoms with Gasteiger partial charge in [-0.3, -0.25) is 4.98 Å². The third kappa shape index (κ3) is 4.30. The minimum Gasteiger partial charge on any atom is -0.371 e. The van der Waals surface area contributed by atoms with E-state index >= 15 is 0 Å². The molecule has 2 aromatic carbocycles. The van der Waals surface area contributed by atoms with Gasteiger partial charge in [0.05, 0.1) is 36.5 Å². The van der Waals surface area contributed by atoms with E-state index in [-0.39, 0.29) is 30.0 Å². The average molecular weight is 508 g/mol. The quantitative estimate of drug-likeness (QED) is 0.410. The summed E-state index contributed by atoms with van der Waals surface area (Å²) in [6.07, 6.45) is 2.28. The van der Waals surface area contributed by atoms with Crippen molar-refractivity contribution in [1.29, 1.82) is 0 Å². The van der Waals surface area contributed by atoms with Crippen molar-refractivity contribution in [3.8, 4) is 11.3 Å². The van der Waals surface area contributed by atoms with Crippen molar-refractivity contribution in [2.75, 3.05) is 18.5 Å². The van der Waals surface area contributed by atoms with Crippen LogP contribution in [0.4, 0.5) is 10.3 Å². The van der Waals surface area contributed by atoms with Gasteiger partial charge in [0.2, 0.25) is 16.0 Å². The predicted octanol–water partition coefficient (Wildman–Crippen LogP) is 2.76. The maximum atomic E-state index is 13.6. The molecule has 0 amide bonds. The van der Waals surface area contributed by atoms with Crippen LogP contribution in [0, 0.1) is 5.82 Å².